The van der Waals surface area contributed by atoms with Crippen LogP contribution in [0.4, 0.5) is 5.69 Å². The summed E-state index contributed by atoms with van der Waals surface area (Å²) < 4.78 is 7.84. The number of amides is 1. The lowest BCUT2D eigenvalue weighted by Gasteiger charge is -2.10. The fraction of sp³-hybridized carbons (Fsp3) is 0.241. The number of carbonyl (C=O) groups is 1. The number of nitrogens with zero attached hydrogens (tertiary/aromatic N) is 2. The van der Waals surface area contributed by atoms with Gasteiger partial charge in [-0.25, -0.2) is 0 Å². The highest BCUT2D eigenvalue weighted by Crippen LogP contribution is 2.22. The summed E-state index contributed by atoms with van der Waals surface area (Å²) in [5.74, 6) is 0.662. The standard InChI is InChI=1S/C29H31N3O2/c1-5-23-12-14-27(15-13-23)34-19-25-10-7-11-26(17-25)29(33)30-28-21(3)31-32(22(28)4)18-24-9-6-8-20(2)16-24/h6-17H,5,18-19H2,1-4H3,(H,30,33). The second-order valence-electron chi connectivity index (χ2n) is 8.63. The molecule has 0 aliphatic rings. The molecule has 0 unspecified atom stereocenters. The van der Waals surface area contributed by atoms with Gasteiger partial charge in [0, 0.05) is 5.56 Å². The Labute approximate surface area is 201 Å². The van der Waals surface area contributed by atoms with Crippen LogP contribution in [0.5, 0.6) is 5.75 Å². The van der Waals surface area contributed by atoms with Gasteiger partial charge in [0.2, 0.25) is 0 Å². The first-order valence-electron chi connectivity index (χ1n) is 11.6. The number of hydrogen-bond acceptors (Lipinski definition) is 3. The van der Waals surface area contributed by atoms with Crippen molar-refractivity contribution in [2.45, 2.75) is 47.3 Å². The van der Waals surface area contributed by atoms with Crippen molar-refractivity contribution < 1.29 is 9.53 Å². The van der Waals surface area contributed by atoms with Crippen LogP contribution in [0.2, 0.25) is 0 Å². The minimum atomic E-state index is -0.157. The number of aromatic nitrogens is 2. The number of nitrogens with one attached hydrogen (secondary N) is 1. The van der Waals surface area contributed by atoms with Crippen LogP contribution >= 0.6 is 0 Å². The summed E-state index contributed by atoms with van der Waals surface area (Å²) >= 11 is 0. The molecule has 1 aromatic heterocycles. The van der Waals surface area contributed by atoms with E-state index in [2.05, 4.69) is 60.7 Å². The van der Waals surface area contributed by atoms with Gasteiger partial charge in [0.15, 0.2) is 0 Å². The Morgan fingerprint density at radius 1 is 0.912 bits per heavy atom. The molecule has 0 radical (unpaired) electrons. The zero-order valence-corrected chi connectivity index (χ0v) is 20.3. The highest BCUT2D eigenvalue weighted by atomic mass is 16.5. The molecule has 0 atom stereocenters. The zero-order valence-electron chi connectivity index (χ0n) is 20.3. The molecule has 1 heterocycles. The number of benzene rings is 3. The van der Waals surface area contributed by atoms with Crippen molar-refractivity contribution in [3.8, 4) is 5.75 Å². The van der Waals surface area contributed by atoms with Gasteiger partial charge in [-0.3, -0.25) is 9.48 Å². The van der Waals surface area contributed by atoms with Crippen LogP contribution in [0.3, 0.4) is 0 Å². The molecule has 0 saturated heterocycles. The first-order chi connectivity index (χ1) is 16.4. The maximum absolute atomic E-state index is 13.0. The van der Waals surface area contributed by atoms with E-state index in [1.54, 1.807) is 0 Å². The Morgan fingerprint density at radius 3 is 2.38 bits per heavy atom. The van der Waals surface area contributed by atoms with Gasteiger partial charge >= 0.3 is 0 Å². The molecule has 3 aromatic carbocycles. The van der Waals surface area contributed by atoms with Crippen LogP contribution in [0.25, 0.3) is 0 Å². The van der Waals surface area contributed by atoms with Gasteiger partial charge in [-0.05, 0) is 68.1 Å². The fourth-order valence-electron chi connectivity index (χ4n) is 3.99. The third kappa shape index (κ3) is 5.54. The molecule has 1 amide bonds. The predicted molar refractivity (Wildman–Crippen MR) is 137 cm³/mol. The molecular formula is C29H31N3O2. The van der Waals surface area contributed by atoms with Gasteiger partial charge in [0.05, 0.1) is 23.6 Å². The number of aryl methyl sites for hydroxylation is 3. The van der Waals surface area contributed by atoms with E-state index in [9.17, 15) is 4.79 Å². The van der Waals surface area contributed by atoms with E-state index in [1.807, 2.05) is 54.9 Å². The lowest BCUT2D eigenvalue weighted by Crippen LogP contribution is -2.14. The van der Waals surface area contributed by atoms with E-state index in [0.29, 0.717) is 18.7 Å². The number of carbonyl (C=O) groups excluding carboxylic acids is 1. The van der Waals surface area contributed by atoms with Crippen molar-refractivity contribution in [3.05, 3.63) is 112 Å². The average Bonchev–Trinajstić information content (AvgIpc) is 3.10. The van der Waals surface area contributed by atoms with Crippen molar-refractivity contribution in [2.75, 3.05) is 5.32 Å². The third-order valence-corrected chi connectivity index (χ3v) is 5.96. The van der Waals surface area contributed by atoms with Gasteiger partial charge in [-0.1, -0.05) is 61.0 Å². The lowest BCUT2D eigenvalue weighted by molar-refractivity contribution is 0.102. The Kier molecular flexibility index (Phi) is 7.12. The van der Waals surface area contributed by atoms with Gasteiger partial charge in [0.25, 0.3) is 5.91 Å². The lowest BCUT2D eigenvalue weighted by atomic mass is 10.1. The average molecular weight is 454 g/mol. The first kappa shape index (κ1) is 23.3. The molecular weight excluding hydrogens is 422 g/mol. The van der Waals surface area contributed by atoms with E-state index >= 15 is 0 Å². The topological polar surface area (TPSA) is 56.1 Å². The minimum absolute atomic E-state index is 0.157. The second kappa shape index (κ2) is 10.4. The molecule has 1 N–H and O–H groups in total. The van der Waals surface area contributed by atoms with E-state index in [4.69, 9.17) is 4.74 Å². The smallest absolute Gasteiger partial charge is 0.255 e. The molecule has 0 fully saturated rings. The first-order valence-corrected chi connectivity index (χ1v) is 11.6. The maximum Gasteiger partial charge on any atom is 0.255 e. The Morgan fingerprint density at radius 2 is 1.65 bits per heavy atom. The van der Waals surface area contributed by atoms with Crippen LogP contribution in [-0.2, 0) is 19.6 Å². The molecule has 0 spiro atoms. The van der Waals surface area contributed by atoms with Gasteiger partial charge in [-0.15, -0.1) is 0 Å². The molecule has 5 nitrogen and oxygen atoms in total. The molecule has 174 valence electrons. The number of ether oxygens (including phenoxy) is 1. The molecule has 0 aliphatic heterocycles. The van der Waals surface area contributed by atoms with Crippen LogP contribution < -0.4 is 10.1 Å². The van der Waals surface area contributed by atoms with Crippen LogP contribution in [0.15, 0.2) is 72.8 Å². The van der Waals surface area contributed by atoms with Gasteiger partial charge in [0.1, 0.15) is 12.4 Å². The summed E-state index contributed by atoms with van der Waals surface area (Å²) in [7, 11) is 0. The molecule has 34 heavy (non-hydrogen) atoms. The molecule has 5 heteroatoms. The zero-order chi connectivity index (χ0) is 24.1. The third-order valence-electron chi connectivity index (χ3n) is 5.96. The van der Waals surface area contributed by atoms with Crippen LogP contribution in [-0.4, -0.2) is 15.7 Å². The molecule has 4 rings (SSSR count). The van der Waals surface area contributed by atoms with E-state index in [1.165, 1.54) is 16.7 Å². The summed E-state index contributed by atoms with van der Waals surface area (Å²) in [6.07, 6.45) is 1.00. The monoisotopic (exact) mass is 453 g/mol. The summed E-state index contributed by atoms with van der Waals surface area (Å²) in [5.41, 5.74) is 7.70. The van der Waals surface area contributed by atoms with Crippen molar-refractivity contribution in [3.63, 3.8) is 0 Å². The summed E-state index contributed by atoms with van der Waals surface area (Å²) in [6, 6.07) is 24.0. The largest absolute Gasteiger partial charge is 0.489 e. The molecule has 4 aromatic rings. The van der Waals surface area contributed by atoms with Crippen LogP contribution in [0.1, 0.15) is 50.9 Å². The van der Waals surface area contributed by atoms with Gasteiger partial charge < -0.3 is 10.1 Å². The van der Waals surface area contributed by atoms with Crippen molar-refractivity contribution in [1.29, 1.82) is 0 Å². The summed E-state index contributed by atoms with van der Waals surface area (Å²) in [5, 5.41) is 7.72. The quantitative estimate of drug-likeness (QED) is 0.343. The fourth-order valence-corrected chi connectivity index (χ4v) is 3.99. The Hall–Kier alpha value is -3.86. The highest BCUT2D eigenvalue weighted by Gasteiger charge is 2.16. The van der Waals surface area contributed by atoms with E-state index in [-0.39, 0.29) is 5.91 Å². The maximum atomic E-state index is 13.0. The second-order valence-corrected chi connectivity index (χ2v) is 8.63. The summed E-state index contributed by atoms with van der Waals surface area (Å²) in [6.45, 7) is 9.18. The Bertz CT molecular complexity index is 1290. The Balaban J connectivity index is 1.44. The van der Waals surface area contributed by atoms with Crippen molar-refractivity contribution in [1.82, 2.24) is 9.78 Å². The molecule has 0 bridgehead atoms. The van der Waals surface area contributed by atoms with Gasteiger partial charge in [-0.2, -0.15) is 5.10 Å². The molecule has 0 saturated carbocycles. The van der Waals surface area contributed by atoms with E-state index in [0.717, 1.165) is 34.8 Å². The number of anilines is 1. The predicted octanol–water partition coefficient (Wildman–Crippen LogP) is 6.25. The SMILES string of the molecule is CCc1ccc(OCc2cccc(C(=O)Nc3c(C)nn(Cc4cccc(C)c4)c3C)c2)cc1. The summed E-state index contributed by atoms with van der Waals surface area (Å²) in [4.78, 5) is 13.0. The highest BCUT2D eigenvalue weighted by molar-refractivity contribution is 6.05. The van der Waals surface area contributed by atoms with E-state index < -0.39 is 0 Å². The minimum Gasteiger partial charge on any atom is -0.489 e. The normalized spacial score (nSPS) is 10.8. The van der Waals surface area contributed by atoms with Crippen molar-refractivity contribution >= 4 is 11.6 Å². The molecule has 0 aliphatic carbocycles. The number of hydrogen-bond donors (Lipinski definition) is 1. The van der Waals surface area contributed by atoms with Crippen molar-refractivity contribution in [2.24, 2.45) is 0 Å². The number of rotatable bonds is 8. The van der Waals surface area contributed by atoms with Crippen LogP contribution in [0, 0.1) is 20.8 Å².